The maximum Gasteiger partial charge on any atom is 0.177 e. The second-order valence-electron chi connectivity index (χ2n) is 5.56. The molecule has 0 unspecified atom stereocenters. The summed E-state index contributed by atoms with van der Waals surface area (Å²) in [4.78, 5) is 14.4. The van der Waals surface area contributed by atoms with E-state index in [4.69, 9.17) is 4.74 Å². The van der Waals surface area contributed by atoms with Gasteiger partial charge < -0.3 is 4.74 Å². The summed E-state index contributed by atoms with van der Waals surface area (Å²) in [5.74, 6) is 0.200. The molecule has 2 rings (SSSR count). The molecule has 0 spiro atoms. The third-order valence-corrected chi connectivity index (χ3v) is 3.32. The highest BCUT2D eigenvalue weighted by atomic mass is 16.5. The first-order valence-corrected chi connectivity index (χ1v) is 6.43. The molecule has 1 aliphatic rings. The monoisotopic (exact) mass is 247 g/mol. The summed E-state index contributed by atoms with van der Waals surface area (Å²) in [5.41, 5.74) is 1.74. The second-order valence-corrected chi connectivity index (χ2v) is 5.56. The topological polar surface area (TPSA) is 29.5 Å². The number of carbonyl (C=O) groups excluding carboxylic acids is 1. The summed E-state index contributed by atoms with van der Waals surface area (Å²) in [5, 5.41) is 0. The Hall–Kier alpha value is -1.19. The van der Waals surface area contributed by atoms with Crippen molar-refractivity contribution in [2.45, 2.75) is 26.4 Å². The number of ketones is 1. The van der Waals surface area contributed by atoms with Crippen molar-refractivity contribution in [2.75, 3.05) is 26.2 Å². The fourth-order valence-electron chi connectivity index (χ4n) is 2.42. The van der Waals surface area contributed by atoms with E-state index in [0.717, 1.165) is 24.2 Å². The fourth-order valence-corrected chi connectivity index (χ4v) is 2.42. The first kappa shape index (κ1) is 13.2. The largest absolute Gasteiger partial charge is 0.373 e. The molecular weight excluding hydrogens is 226 g/mol. The predicted molar refractivity (Wildman–Crippen MR) is 72.0 cm³/mol. The lowest BCUT2D eigenvalue weighted by Gasteiger charge is -2.37. The molecule has 0 amide bonds. The van der Waals surface area contributed by atoms with Gasteiger partial charge in [0.2, 0.25) is 0 Å². The van der Waals surface area contributed by atoms with Crippen molar-refractivity contribution in [1.82, 2.24) is 4.90 Å². The van der Waals surface area contributed by atoms with Gasteiger partial charge in [0.25, 0.3) is 0 Å². The average molecular weight is 247 g/mol. The van der Waals surface area contributed by atoms with E-state index >= 15 is 0 Å². The molecule has 1 saturated heterocycles. The third kappa shape index (κ3) is 3.18. The van der Waals surface area contributed by atoms with E-state index < -0.39 is 0 Å². The van der Waals surface area contributed by atoms with Crippen molar-refractivity contribution in [2.24, 2.45) is 0 Å². The number of nitrogens with zero attached hydrogens (tertiary/aromatic N) is 1. The number of rotatable bonds is 3. The maximum atomic E-state index is 12.3. The molecule has 1 aromatic rings. The van der Waals surface area contributed by atoms with E-state index in [-0.39, 0.29) is 11.4 Å². The van der Waals surface area contributed by atoms with Crippen LogP contribution in [0.4, 0.5) is 0 Å². The van der Waals surface area contributed by atoms with Gasteiger partial charge in [0.1, 0.15) is 0 Å². The molecule has 1 heterocycles. The first-order chi connectivity index (χ1) is 8.48. The Morgan fingerprint density at radius 2 is 2.11 bits per heavy atom. The van der Waals surface area contributed by atoms with Gasteiger partial charge in [-0.25, -0.2) is 0 Å². The van der Waals surface area contributed by atoms with Crippen molar-refractivity contribution in [3.05, 3.63) is 35.4 Å². The molecule has 0 aliphatic carbocycles. The number of benzene rings is 1. The van der Waals surface area contributed by atoms with Crippen molar-refractivity contribution in [3.8, 4) is 0 Å². The normalized spacial score (nSPS) is 19.7. The van der Waals surface area contributed by atoms with E-state index in [2.05, 4.69) is 18.7 Å². The molecule has 0 bridgehead atoms. The molecule has 0 aromatic heterocycles. The number of aryl methyl sites for hydroxylation is 1. The number of carbonyl (C=O) groups is 1. The van der Waals surface area contributed by atoms with Crippen LogP contribution in [0.1, 0.15) is 29.8 Å². The standard InChI is InChI=1S/C15H21NO2/c1-12-6-4-5-7-13(12)14(17)10-16-8-9-18-15(2,3)11-16/h4-7H,8-11H2,1-3H3. The van der Waals surface area contributed by atoms with Crippen LogP contribution in [0, 0.1) is 6.92 Å². The lowest BCUT2D eigenvalue weighted by Crippen LogP contribution is -2.49. The Kier molecular flexibility index (Phi) is 3.83. The van der Waals surface area contributed by atoms with Gasteiger partial charge in [-0.3, -0.25) is 9.69 Å². The van der Waals surface area contributed by atoms with Gasteiger partial charge in [-0.1, -0.05) is 24.3 Å². The molecule has 3 heteroatoms. The van der Waals surface area contributed by atoms with Crippen LogP contribution in [-0.2, 0) is 4.74 Å². The molecule has 3 nitrogen and oxygen atoms in total. The van der Waals surface area contributed by atoms with Crippen LogP contribution >= 0.6 is 0 Å². The number of hydrogen-bond acceptors (Lipinski definition) is 3. The van der Waals surface area contributed by atoms with Crippen LogP contribution in [-0.4, -0.2) is 42.5 Å². The van der Waals surface area contributed by atoms with Crippen LogP contribution in [0.2, 0.25) is 0 Å². The Bertz CT molecular complexity index is 440. The minimum Gasteiger partial charge on any atom is -0.373 e. The minimum atomic E-state index is -0.149. The first-order valence-electron chi connectivity index (χ1n) is 6.43. The zero-order valence-electron chi connectivity index (χ0n) is 11.4. The molecule has 0 atom stereocenters. The fraction of sp³-hybridized carbons (Fsp3) is 0.533. The van der Waals surface area contributed by atoms with Crippen LogP contribution in [0.5, 0.6) is 0 Å². The van der Waals surface area contributed by atoms with Crippen molar-refractivity contribution in [3.63, 3.8) is 0 Å². The molecule has 98 valence electrons. The van der Waals surface area contributed by atoms with Crippen molar-refractivity contribution >= 4 is 5.78 Å². The van der Waals surface area contributed by atoms with Gasteiger partial charge in [0.15, 0.2) is 5.78 Å². The van der Waals surface area contributed by atoms with E-state index in [1.807, 2.05) is 31.2 Å². The number of morpholine rings is 1. The summed E-state index contributed by atoms with van der Waals surface area (Å²) >= 11 is 0. The number of Topliss-reactive ketones (excluding diaryl/α,β-unsaturated/α-hetero) is 1. The summed E-state index contributed by atoms with van der Waals surface area (Å²) in [7, 11) is 0. The van der Waals surface area contributed by atoms with Gasteiger partial charge in [-0.15, -0.1) is 0 Å². The lowest BCUT2D eigenvalue weighted by molar-refractivity contribution is -0.0833. The van der Waals surface area contributed by atoms with E-state index in [1.54, 1.807) is 0 Å². The van der Waals surface area contributed by atoms with E-state index in [1.165, 1.54) is 0 Å². The van der Waals surface area contributed by atoms with Crippen LogP contribution < -0.4 is 0 Å². The predicted octanol–water partition coefficient (Wildman–Crippen LogP) is 2.29. The molecular formula is C15H21NO2. The van der Waals surface area contributed by atoms with Crippen LogP contribution in [0.25, 0.3) is 0 Å². The molecule has 0 saturated carbocycles. The van der Waals surface area contributed by atoms with Gasteiger partial charge >= 0.3 is 0 Å². The smallest absolute Gasteiger partial charge is 0.177 e. The zero-order chi connectivity index (χ0) is 13.2. The third-order valence-electron chi connectivity index (χ3n) is 3.32. The summed E-state index contributed by atoms with van der Waals surface area (Å²) < 4.78 is 5.65. The van der Waals surface area contributed by atoms with E-state index in [0.29, 0.717) is 13.2 Å². The Balaban J connectivity index is 2.02. The minimum absolute atomic E-state index is 0.149. The quantitative estimate of drug-likeness (QED) is 0.768. The highest BCUT2D eigenvalue weighted by Crippen LogP contribution is 2.17. The van der Waals surface area contributed by atoms with Gasteiger partial charge in [0, 0.05) is 18.7 Å². The molecule has 0 N–H and O–H groups in total. The molecule has 1 aromatic carbocycles. The molecule has 1 aliphatic heterocycles. The SMILES string of the molecule is Cc1ccccc1C(=O)CN1CCOC(C)(C)C1. The Morgan fingerprint density at radius 1 is 1.39 bits per heavy atom. The van der Waals surface area contributed by atoms with Gasteiger partial charge in [-0.2, -0.15) is 0 Å². The van der Waals surface area contributed by atoms with Crippen molar-refractivity contribution < 1.29 is 9.53 Å². The summed E-state index contributed by atoms with van der Waals surface area (Å²) in [6.07, 6.45) is 0. The van der Waals surface area contributed by atoms with Crippen molar-refractivity contribution in [1.29, 1.82) is 0 Å². The Labute approximate surface area is 109 Å². The van der Waals surface area contributed by atoms with Gasteiger partial charge in [-0.05, 0) is 26.3 Å². The van der Waals surface area contributed by atoms with Gasteiger partial charge in [0.05, 0.1) is 18.8 Å². The average Bonchev–Trinajstić information content (AvgIpc) is 2.28. The Morgan fingerprint density at radius 3 is 2.78 bits per heavy atom. The highest BCUT2D eigenvalue weighted by molar-refractivity contribution is 5.98. The van der Waals surface area contributed by atoms with Crippen LogP contribution in [0.15, 0.2) is 24.3 Å². The molecule has 0 radical (unpaired) electrons. The highest BCUT2D eigenvalue weighted by Gasteiger charge is 2.28. The zero-order valence-corrected chi connectivity index (χ0v) is 11.4. The number of ether oxygens (including phenoxy) is 1. The maximum absolute atomic E-state index is 12.3. The van der Waals surface area contributed by atoms with Crippen LogP contribution in [0.3, 0.4) is 0 Å². The molecule has 1 fully saturated rings. The lowest BCUT2D eigenvalue weighted by atomic mass is 10.0. The molecule has 18 heavy (non-hydrogen) atoms. The summed E-state index contributed by atoms with van der Waals surface area (Å²) in [6.45, 7) is 8.95. The second kappa shape index (κ2) is 5.21. The summed E-state index contributed by atoms with van der Waals surface area (Å²) in [6, 6.07) is 7.77. The van der Waals surface area contributed by atoms with E-state index in [9.17, 15) is 4.79 Å². The number of hydrogen-bond donors (Lipinski definition) is 0.